The van der Waals surface area contributed by atoms with Crippen molar-refractivity contribution in [1.82, 2.24) is 0 Å². The lowest BCUT2D eigenvalue weighted by molar-refractivity contribution is 0.587. The van der Waals surface area contributed by atoms with Crippen LogP contribution in [0.5, 0.6) is 0 Å². The summed E-state index contributed by atoms with van der Waals surface area (Å²) in [5.41, 5.74) is 6.71. The number of para-hydroxylation sites is 1. The minimum absolute atomic E-state index is 0.0558. The summed E-state index contributed by atoms with van der Waals surface area (Å²) in [4.78, 5) is 0. The molecule has 0 aliphatic carbocycles. The summed E-state index contributed by atoms with van der Waals surface area (Å²) in [7, 11) is 0. The average molecular weight is 259 g/mol. The highest BCUT2D eigenvalue weighted by atomic mass is 19.1. The molecule has 3 N–H and O–H groups in total. The molecule has 2 rings (SSSR count). The third-order valence-corrected chi connectivity index (χ3v) is 2.68. The Balaban J connectivity index is 2.21. The first-order chi connectivity index (χ1) is 9.11. The van der Waals surface area contributed by atoms with E-state index in [-0.39, 0.29) is 17.8 Å². The lowest BCUT2D eigenvalue weighted by atomic mass is 10.1. The zero-order valence-corrected chi connectivity index (χ0v) is 9.95. The fourth-order valence-electron chi connectivity index (χ4n) is 1.69. The molecule has 0 amide bonds. The Morgan fingerprint density at radius 3 is 2.37 bits per heavy atom. The van der Waals surface area contributed by atoms with Gasteiger partial charge in [0.25, 0.3) is 0 Å². The van der Waals surface area contributed by atoms with Crippen molar-refractivity contribution < 1.29 is 8.78 Å². The number of nitrogens with zero attached hydrogens (tertiary/aromatic N) is 1. The quantitative estimate of drug-likeness (QED) is 0.833. The molecular weight excluding hydrogens is 248 g/mol. The Hall–Kier alpha value is -2.61. The van der Waals surface area contributed by atoms with Gasteiger partial charge < -0.3 is 11.1 Å². The lowest BCUT2D eigenvalue weighted by Crippen LogP contribution is -2.06. The zero-order chi connectivity index (χ0) is 13.8. The molecular formula is C14H11F2N3. The molecule has 0 atom stereocenters. The number of halogens is 2. The summed E-state index contributed by atoms with van der Waals surface area (Å²) in [5, 5.41) is 11.3. The summed E-state index contributed by atoms with van der Waals surface area (Å²) in [6.07, 6.45) is 0. The molecule has 0 heterocycles. The molecule has 3 nitrogen and oxygen atoms in total. The Labute approximate surface area is 109 Å². The Morgan fingerprint density at radius 1 is 1.16 bits per heavy atom. The van der Waals surface area contributed by atoms with Crippen LogP contribution in [0.1, 0.15) is 11.1 Å². The lowest BCUT2D eigenvalue weighted by Gasteiger charge is -2.10. The van der Waals surface area contributed by atoms with E-state index in [1.807, 2.05) is 0 Å². The second-order valence-corrected chi connectivity index (χ2v) is 3.98. The number of nitrogens with one attached hydrogen (secondary N) is 1. The first-order valence-electron chi connectivity index (χ1n) is 5.58. The number of nitrogens with two attached hydrogens (primary N) is 1. The van der Waals surface area contributed by atoms with Gasteiger partial charge in [0, 0.05) is 12.2 Å². The van der Waals surface area contributed by atoms with Crippen LogP contribution in [0.2, 0.25) is 0 Å². The minimum Gasteiger partial charge on any atom is -0.398 e. The molecule has 0 radical (unpaired) electrons. The van der Waals surface area contributed by atoms with Crippen LogP contribution in [0.3, 0.4) is 0 Å². The first kappa shape index (κ1) is 12.8. The molecule has 0 saturated heterocycles. The van der Waals surface area contributed by atoms with E-state index in [2.05, 4.69) is 5.32 Å². The highest BCUT2D eigenvalue weighted by molar-refractivity contribution is 5.53. The first-order valence-corrected chi connectivity index (χ1v) is 5.58. The van der Waals surface area contributed by atoms with Crippen molar-refractivity contribution in [3.8, 4) is 6.07 Å². The minimum atomic E-state index is -0.800. The van der Waals surface area contributed by atoms with Crippen LogP contribution in [-0.4, -0.2) is 0 Å². The molecule has 96 valence electrons. The van der Waals surface area contributed by atoms with Crippen LogP contribution in [0.25, 0.3) is 0 Å². The van der Waals surface area contributed by atoms with Gasteiger partial charge in [0.1, 0.15) is 5.69 Å². The topological polar surface area (TPSA) is 61.8 Å². The molecule has 0 aromatic heterocycles. The van der Waals surface area contributed by atoms with Crippen LogP contribution in [0.15, 0.2) is 36.4 Å². The van der Waals surface area contributed by atoms with Gasteiger partial charge in [-0.05, 0) is 23.8 Å². The molecule has 2 aromatic carbocycles. The number of nitriles is 1. The monoisotopic (exact) mass is 259 g/mol. The standard InChI is InChI=1S/C14H11F2N3/c15-11-5-9(7-17)6-12(16)14(11)19-8-10-3-1-2-4-13(10)18/h1-6,19H,8,18H2. The molecule has 0 aliphatic rings. The maximum absolute atomic E-state index is 13.6. The Kier molecular flexibility index (Phi) is 3.62. The smallest absolute Gasteiger partial charge is 0.150 e. The van der Waals surface area contributed by atoms with Crippen molar-refractivity contribution >= 4 is 11.4 Å². The van der Waals surface area contributed by atoms with Crippen LogP contribution >= 0.6 is 0 Å². The van der Waals surface area contributed by atoms with Gasteiger partial charge in [-0.1, -0.05) is 18.2 Å². The van der Waals surface area contributed by atoms with Gasteiger partial charge in [0.15, 0.2) is 11.6 Å². The van der Waals surface area contributed by atoms with Crippen molar-refractivity contribution in [2.75, 3.05) is 11.1 Å². The molecule has 0 unspecified atom stereocenters. The highest BCUT2D eigenvalue weighted by Crippen LogP contribution is 2.22. The second-order valence-electron chi connectivity index (χ2n) is 3.98. The van der Waals surface area contributed by atoms with Gasteiger partial charge in [0.2, 0.25) is 0 Å². The zero-order valence-electron chi connectivity index (χ0n) is 9.95. The van der Waals surface area contributed by atoms with Crippen molar-refractivity contribution in [2.24, 2.45) is 0 Å². The predicted molar refractivity (Wildman–Crippen MR) is 69.3 cm³/mol. The third kappa shape index (κ3) is 2.80. The largest absolute Gasteiger partial charge is 0.398 e. The van der Waals surface area contributed by atoms with Gasteiger partial charge in [-0.2, -0.15) is 5.26 Å². The Bertz CT molecular complexity index is 624. The van der Waals surface area contributed by atoms with Crippen molar-refractivity contribution in [1.29, 1.82) is 5.26 Å². The van der Waals surface area contributed by atoms with E-state index in [0.717, 1.165) is 17.7 Å². The van der Waals surface area contributed by atoms with E-state index in [9.17, 15) is 8.78 Å². The maximum atomic E-state index is 13.6. The molecule has 5 heteroatoms. The fourth-order valence-corrected chi connectivity index (χ4v) is 1.69. The molecule has 19 heavy (non-hydrogen) atoms. The summed E-state index contributed by atoms with van der Waals surface area (Å²) < 4.78 is 27.2. The SMILES string of the molecule is N#Cc1cc(F)c(NCc2ccccc2N)c(F)c1. The normalized spacial score (nSPS) is 9.95. The van der Waals surface area contributed by atoms with E-state index in [4.69, 9.17) is 11.0 Å². The predicted octanol–water partition coefficient (Wildman–Crippen LogP) is 3.03. The fraction of sp³-hybridized carbons (Fsp3) is 0.0714. The molecule has 0 saturated carbocycles. The summed E-state index contributed by atoms with van der Waals surface area (Å²) in [6, 6.07) is 10.7. The van der Waals surface area contributed by atoms with Gasteiger partial charge in [-0.3, -0.25) is 0 Å². The van der Waals surface area contributed by atoms with Gasteiger partial charge in [0.05, 0.1) is 11.6 Å². The van der Waals surface area contributed by atoms with Crippen molar-refractivity contribution in [2.45, 2.75) is 6.54 Å². The molecule has 0 fully saturated rings. The summed E-state index contributed by atoms with van der Waals surface area (Å²) >= 11 is 0. The molecule has 2 aromatic rings. The summed E-state index contributed by atoms with van der Waals surface area (Å²) in [6.45, 7) is 0.201. The number of rotatable bonds is 3. The number of benzene rings is 2. The number of nitrogen functional groups attached to an aromatic ring is 1. The van der Waals surface area contributed by atoms with E-state index in [1.165, 1.54) is 0 Å². The van der Waals surface area contributed by atoms with E-state index >= 15 is 0 Å². The number of anilines is 2. The van der Waals surface area contributed by atoms with Crippen molar-refractivity contribution in [3.63, 3.8) is 0 Å². The average Bonchev–Trinajstić information content (AvgIpc) is 2.39. The molecule has 0 spiro atoms. The van der Waals surface area contributed by atoms with E-state index in [0.29, 0.717) is 5.69 Å². The number of hydrogen-bond acceptors (Lipinski definition) is 3. The van der Waals surface area contributed by atoms with Crippen LogP contribution in [0.4, 0.5) is 20.2 Å². The van der Waals surface area contributed by atoms with Crippen molar-refractivity contribution in [3.05, 3.63) is 59.2 Å². The summed E-state index contributed by atoms with van der Waals surface area (Å²) in [5.74, 6) is -1.60. The van der Waals surface area contributed by atoms with Gasteiger partial charge >= 0.3 is 0 Å². The number of hydrogen-bond donors (Lipinski definition) is 2. The second kappa shape index (κ2) is 5.36. The van der Waals surface area contributed by atoms with E-state index < -0.39 is 11.6 Å². The van der Waals surface area contributed by atoms with Gasteiger partial charge in [-0.25, -0.2) is 8.78 Å². The van der Waals surface area contributed by atoms with E-state index in [1.54, 1.807) is 30.3 Å². The highest BCUT2D eigenvalue weighted by Gasteiger charge is 2.11. The molecule has 0 bridgehead atoms. The maximum Gasteiger partial charge on any atom is 0.150 e. The Morgan fingerprint density at radius 2 is 1.79 bits per heavy atom. The van der Waals surface area contributed by atoms with Gasteiger partial charge in [-0.15, -0.1) is 0 Å². The van der Waals surface area contributed by atoms with Crippen LogP contribution < -0.4 is 11.1 Å². The van der Waals surface area contributed by atoms with Crippen LogP contribution in [-0.2, 0) is 6.54 Å². The molecule has 0 aliphatic heterocycles. The van der Waals surface area contributed by atoms with Crippen LogP contribution in [0, 0.1) is 23.0 Å². The third-order valence-electron chi connectivity index (χ3n) is 2.68.